The minimum atomic E-state index is -0.0166. The lowest BCUT2D eigenvalue weighted by Gasteiger charge is -2.05. The average molecular weight is 273 g/mol. The molecule has 2 atom stereocenters. The second-order valence-electron chi connectivity index (χ2n) is 5.31. The van der Waals surface area contributed by atoms with Gasteiger partial charge in [-0.25, -0.2) is 0 Å². The number of carbonyl (C=O) groups excluding carboxylic acids is 1. The van der Waals surface area contributed by atoms with Crippen LogP contribution in [0.4, 0.5) is 0 Å². The van der Waals surface area contributed by atoms with Crippen LogP contribution in [0, 0.1) is 11.8 Å². The Morgan fingerprint density at radius 1 is 1.35 bits per heavy atom. The Balaban J connectivity index is 1.63. The Hall–Kier alpha value is -1.77. The summed E-state index contributed by atoms with van der Waals surface area (Å²) in [4.78, 5) is 17.1. The van der Waals surface area contributed by atoms with Gasteiger partial charge in [-0.05, 0) is 37.3 Å². The predicted molar refractivity (Wildman–Crippen MR) is 80.1 cm³/mol. The molecular formula is C17H23NO2. The highest BCUT2D eigenvalue weighted by atomic mass is 16.7. The minimum Gasteiger partial charge on any atom is -0.380 e. The molecule has 3 nitrogen and oxygen atoms in total. The minimum absolute atomic E-state index is 0.0166. The quantitative estimate of drug-likeness (QED) is 0.443. The maximum Gasteiger partial charge on any atom is 0.256 e. The van der Waals surface area contributed by atoms with Gasteiger partial charge < -0.3 is 4.84 Å². The number of allylic oxidation sites excluding steroid dienone is 2. The molecule has 1 saturated carbocycles. The van der Waals surface area contributed by atoms with E-state index < -0.39 is 0 Å². The number of hydroxylamine groups is 1. The van der Waals surface area contributed by atoms with Crippen LogP contribution in [0.15, 0.2) is 42.5 Å². The van der Waals surface area contributed by atoms with Crippen LogP contribution in [0.2, 0.25) is 0 Å². The highest BCUT2D eigenvalue weighted by Gasteiger charge is 2.41. The molecule has 0 aliphatic heterocycles. The highest BCUT2D eigenvalue weighted by molar-refractivity contribution is 5.81. The van der Waals surface area contributed by atoms with Crippen LogP contribution in [0.3, 0.4) is 0 Å². The number of unbranched alkanes of at least 4 members (excludes halogenated alkanes) is 3. The van der Waals surface area contributed by atoms with Gasteiger partial charge >= 0.3 is 0 Å². The van der Waals surface area contributed by atoms with E-state index in [1.165, 1.54) is 19.3 Å². The zero-order valence-electron chi connectivity index (χ0n) is 12.0. The fourth-order valence-corrected chi connectivity index (χ4v) is 2.19. The highest BCUT2D eigenvalue weighted by Crippen LogP contribution is 2.39. The molecule has 0 spiro atoms. The molecule has 0 radical (unpaired) electrons. The summed E-state index contributed by atoms with van der Waals surface area (Å²) in [6.45, 7) is 2.21. The van der Waals surface area contributed by atoms with Crippen molar-refractivity contribution in [1.29, 1.82) is 0 Å². The summed E-state index contributed by atoms with van der Waals surface area (Å²) in [7, 11) is 0. The lowest BCUT2D eigenvalue weighted by Crippen LogP contribution is -2.28. The van der Waals surface area contributed by atoms with E-state index >= 15 is 0 Å². The third kappa shape index (κ3) is 4.72. The Morgan fingerprint density at radius 2 is 2.15 bits per heavy atom. The van der Waals surface area contributed by atoms with Gasteiger partial charge in [0.25, 0.3) is 5.91 Å². The zero-order valence-corrected chi connectivity index (χ0v) is 12.0. The van der Waals surface area contributed by atoms with Gasteiger partial charge in [-0.15, -0.1) is 0 Å². The monoisotopic (exact) mass is 273 g/mol. The van der Waals surface area contributed by atoms with Crippen molar-refractivity contribution in [3.05, 3.63) is 42.5 Å². The van der Waals surface area contributed by atoms with E-state index in [9.17, 15) is 4.79 Å². The lowest BCUT2D eigenvalue weighted by molar-refractivity contribution is -0.129. The number of nitrogens with one attached hydrogen (secondary N) is 1. The van der Waals surface area contributed by atoms with Crippen molar-refractivity contribution >= 4 is 5.91 Å². The molecule has 20 heavy (non-hydrogen) atoms. The molecule has 1 aliphatic rings. The van der Waals surface area contributed by atoms with Crippen molar-refractivity contribution in [2.45, 2.75) is 39.0 Å². The van der Waals surface area contributed by atoms with E-state index in [-0.39, 0.29) is 11.8 Å². The van der Waals surface area contributed by atoms with Gasteiger partial charge in [0.2, 0.25) is 0 Å². The van der Waals surface area contributed by atoms with E-state index in [0.29, 0.717) is 11.7 Å². The van der Waals surface area contributed by atoms with E-state index in [0.717, 1.165) is 12.8 Å². The molecule has 1 fully saturated rings. The number of carbonyl (C=O) groups is 1. The summed E-state index contributed by atoms with van der Waals surface area (Å²) < 4.78 is 0. The first kappa shape index (κ1) is 14.6. The number of hydrogen-bond donors (Lipinski definition) is 1. The molecule has 1 aromatic rings. The molecule has 0 aromatic heterocycles. The van der Waals surface area contributed by atoms with Crippen LogP contribution < -0.4 is 10.3 Å². The predicted octanol–water partition coefficient (Wildman–Crippen LogP) is 3.87. The molecule has 1 aliphatic carbocycles. The second kappa shape index (κ2) is 7.73. The summed E-state index contributed by atoms with van der Waals surface area (Å²) in [5.74, 6) is 1.13. The van der Waals surface area contributed by atoms with E-state index in [4.69, 9.17) is 4.84 Å². The Bertz CT molecular complexity index is 442. The van der Waals surface area contributed by atoms with Crippen molar-refractivity contribution in [3.63, 3.8) is 0 Å². The third-order valence-electron chi connectivity index (χ3n) is 3.55. The van der Waals surface area contributed by atoms with Crippen LogP contribution >= 0.6 is 0 Å². The van der Waals surface area contributed by atoms with Crippen molar-refractivity contribution < 1.29 is 9.63 Å². The van der Waals surface area contributed by atoms with E-state index in [1.54, 1.807) is 0 Å². The van der Waals surface area contributed by atoms with Gasteiger partial charge in [0, 0.05) is 5.92 Å². The molecule has 0 bridgehead atoms. The van der Waals surface area contributed by atoms with Crippen LogP contribution in [0.1, 0.15) is 39.0 Å². The summed E-state index contributed by atoms with van der Waals surface area (Å²) >= 11 is 0. The molecule has 2 rings (SSSR count). The summed E-state index contributed by atoms with van der Waals surface area (Å²) in [6.07, 6.45) is 10.2. The Morgan fingerprint density at radius 3 is 2.90 bits per heavy atom. The fraction of sp³-hybridized carbons (Fsp3) is 0.471. The van der Waals surface area contributed by atoms with Gasteiger partial charge in [0.05, 0.1) is 0 Å². The molecule has 108 valence electrons. The topological polar surface area (TPSA) is 38.3 Å². The molecule has 1 N–H and O–H groups in total. The number of benzene rings is 1. The smallest absolute Gasteiger partial charge is 0.256 e. The van der Waals surface area contributed by atoms with Crippen molar-refractivity contribution in [3.8, 4) is 5.75 Å². The summed E-state index contributed by atoms with van der Waals surface area (Å²) in [6, 6.07) is 9.30. The van der Waals surface area contributed by atoms with Crippen LogP contribution in [-0.2, 0) is 4.79 Å². The Labute approximate surface area is 121 Å². The van der Waals surface area contributed by atoms with E-state index in [1.807, 2.05) is 30.3 Å². The summed E-state index contributed by atoms with van der Waals surface area (Å²) in [5, 5.41) is 0. The first-order chi connectivity index (χ1) is 9.81. The standard InChI is InChI=1S/C17H23NO2/c1-2-3-4-5-7-10-14-13-16(14)17(19)18-20-15-11-8-6-9-12-15/h6-12,14,16H,2-5,13H2,1H3,(H,18,19)/b10-7-. The fourth-order valence-electron chi connectivity index (χ4n) is 2.19. The molecule has 0 heterocycles. The van der Waals surface area contributed by atoms with Gasteiger partial charge in [0.15, 0.2) is 5.75 Å². The summed E-state index contributed by atoms with van der Waals surface area (Å²) in [5.41, 5.74) is 2.53. The van der Waals surface area contributed by atoms with Crippen molar-refractivity contribution in [2.75, 3.05) is 0 Å². The van der Waals surface area contributed by atoms with Crippen LogP contribution in [0.25, 0.3) is 0 Å². The maximum atomic E-state index is 11.9. The molecule has 1 amide bonds. The average Bonchev–Trinajstić information content (AvgIpc) is 3.25. The van der Waals surface area contributed by atoms with Crippen molar-refractivity contribution in [2.24, 2.45) is 11.8 Å². The van der Waals surface area contributed by atoms with Crippen molar-refractivity contribution in [1.82, 2.24) is 5.48 Å². The van der Waals surface area contributed by atoms with Gasteiger partial charge in [-0.1, -0.05) is 50.1 Å². The lowest BCUT2D eigenvalue weighted by atomic mass is 10.2. The largest absolute Gasteiger partial charge is 0.380 e. The number of hydrogen-bond acceptors (Lipinski definition) is 2. The Kier molecular flexibility index (Phi) is 5.66. The van der Waals surface area contributed by atoms with Gasteiger partial charge in [-0.3, -0.25) is 4.79 Å². The number of rotatable bonds is 8. The van der Waals surface area contributed by atoms with Gasteiger partial charge in [-0.2, -0.15) is 5.48 Å². The molecule has 2 unspecified atom stereocenters. The first-order valence-corrected chi connectivity index (χ1v) is 7.49. The molecular weight excluding hydrogens is 250 g/mol. The molecule has 0 saturated heterocycles. The second-order valence-corrected chi connectivity index (χ2v) is 5.31. The number of amides is 1. The van der Waals surface area contributed by atoms with Gasteiger partial charge in [0.1, 0.15) is 0 Å². The maximum absolute atomic E-state index is 11.9. The van der Waals surface area contributed by atoms with Crippen LogP contribution in [0.5, 0.6) is 5.75 Å². The SMILES string of the molecule is CCCCC/C=C\C1CC1C(=O)NOc1ccccc1. The first-order valence-electron chi connectivity index (χ1n) is 7.49. The number of para-hydroxylation sites is 1. The van der Waals surface area contributed by atoms with E-state index in [2.05, 4.69) is 24.6 Å². The van der Waals surface area contributed by atoms with Crippen LogP contribution in [-0.4, -0.2) is 5.91 Å². The molecule has 1 aromatic carbocycles. The third-order valence-corrected chi connectivity index (χ3v) is 3.55. The molecule has 3 heteroatoms. The normalized spacial score (nSPS) is 20.9. The zero-order chi connectivity index (χ0) is 14.2.